The van der Waals surface area contributed by atoms with Crippen molar-refractivity contribution >= 4 is 29.3 Å². The molecule has 0 saturated carbocycles. The Bertz CT molecular complexity index is 1050. The molecule has 0 spiro atoms. The average Bonchev–Trinajstić information content (AvgIpc) is 3.27. The normalized spacial score (nSPS) is 15.5. The van der Waals surface area contributed by atoms with Gasteiger partial charge in [-0.05, 0) is 35.4 Å². The molecule has 0 radical (unpaired) electrons. The molecular weight excluding hydrogens is 392 g/mol. The van der Waals surface area contributed by atoms with Gasteiger partial charge in [0.25, 0.3) is 0 Å². The number of anilines is 1. The van der Waals surface area contributed by atoms with Gasteiger partial charge in [-0.2, -0.15) is 5.10 Å². The molecule has 29 heavy (non-hydrogen) atoms. The van der Waals surface area contributed by atoms with Crippen LogP contribution in [0.25, 0.3) is 5.69 Å². The van der Waals surface area contributed by atoms with Crippen LogP contribution in [0.3, 0.4) is 0 Å². The number of nitrogens with zero attached hydrogens (tertiary/aromatic N) is 3. The fraction of sp³-hybridized carbons (Fsp3) is 0.190. The molecule has 0 aliphatic carbocycles. The van der Waals surface area contributed by atoms with Gasteiger partial charge in [-0.25, -0.2) is 9.48 Å². The number of methoxy groups -OCH3 is 1. The number of halogens is 1. The van der Waals surface area contributed by atoms with Crippen LogP contribution in [0, 0.1) is 0 Å². The van der Waals surface area contributed by atoms with Gasteiger partial charge in [0.05, 0.1) is 23.7 Å². The summed E-state index contributed by atoms with van der Waals surface area (Å²) in [7, 11) is 1.35. The smallest absolute Gasteiger partial charge is 0.322 e. The van der Waals surface area contributed by atoms with Crippen molar-refractivity contribution in [1.29, 1.82) is 0 Å². The average molecular weight is 411 g/mol. The van der Waals surface area contributed by atoms with Gasteiger partial charge in [0.2, 0.25) is 0 Å². The Hall–Kier alpha value is -3.32. The largest absolute Gasteiger partial charge is 0.468 e. The monoisotopic (exact) mass is 410 g/mol. The fourth-order valence-corrected chi connectivity index (χ4v) is 3.76. The van der Waals surface area contributed by atoms with Crippen molar-refractivity contribution in [2.24, 2.45) is 0 Å². The summed E-state index contributed by atoms with van der Waals surface area (Å²) in [6.07, 6.45) is 3.45. The van der Waals surface area contributed by atoms with Gasteiger partial charge in [-0.1, -0.05) is 35.9 Å². The first kappa shape index (κ1) is 19.0. The Balaban J connectivity index is 1.53. The molecule has 1 aliphatic rings. The van der Waals surface area contributed by atoms with Crippen molar-refractivity contribution in [1.82, 2.24) is 14.7 Å². The van der Waals surface area contributed by atoms with E-state index in [0.29, 0.717) is 22.9 Å². The summed E-state index contributed by atoms with van der Waals surface area (Å²) < 4.78 is 6.58. The van der Waals surface area contributed by atoms with Crippen molar-refractivity contribution in [2.45, 2.75) is 12.5 Å². The first-order valence-electron chi connectivity index (χ1n) is 9.08. The number of benzene rings is 2. The second-order valence-electron chi connectivity index (χ2n) is 6.70. The molecular formula is C21H19ClN4O3. The molecule has 7 nitrogen and oxygen atoms in total. The van der Waals surface area contributed by atoms with Gasteiger partial charge in [-0.3, -0.25) is 4.79 Å². The number of fused-ring (bicyclic) bond motifs is 1. The quantitative estimate of drug-likeness (QED) is 0.666. The number of ether oxygens (including phenoxy) is 1. The van der Waals surface area contributed by atoms with E-state index in [2.05, 4.69) is 10.4 Å². The lowest BCUT2D eigenvalue weighted by molar-refractivity contribution is -0.143. The molecule has 2 amide bonds. The Morgan fingerprint density at radius 2 is 2.03 bits per heavy atom. The lowest BCUT2D eigenvalue weighted by atomic mass is 9.90. The molecule has 0 saturated heterocycles. The minimum atomic E-state index is -0.513. The summed E-state index contributed by atoms with van der Waals surface area (Å²) in [6.45, 7) is 0.656. The number of hydrogen-bond acceptors (Lipinski definition) is 4. The van der Waals surface area contributed by atoms with Crippen LogP contribution >= 0.6 is 11.6 Å². The van der Waals surface area contributed by atoms with Crippen LogP contribution in [0.1, 0.15) is 17.0 Å². The molecule has 2 heterocycles. The van der Waals surface area contributed by atoms with E-state index in [4.69, 9.17) is 16.3 Å². The van der Waals surface area contributed by atoms with Crippen molar-refractivity contribution in [3.05, 3.63) is 77.1 Å². The minimum Gasteiger partial charge on any atom is -0.468 e. The topological polar surface area (TPSA) is 76.5 Å². The highest BCUT2D eigenvalue weighted by Gasteiger charge is 2.33. The summed E-state index contributed by atoms with van der Waals surface area (Å²) in [5.41, 5.74) is 3.10. The molecule has 0 bridgehead atoms. The fourth-order valence-electron chi connectivity index (χ4n) is 3.49. The van der Waals surface area contributed by atoms with Crippen molar-refractivity contribution < 1.29 is 14.3 Å². The molecule has 3 aromatic rings. The third-order valence-electron chi connectivity index (χ3n) is 4.92. The summed E-state index contributed by atoms with van der Waals surface area (Å²) in [5, 5.41) is 7.47. The zero-order chi connectivity index (χ0) is 20.4. The van der Waals surface area contributed by atoms with Crippen LogP contribution < -0.4 is 5.32 Å². The van der Waals surface area contributed by atoms with Crippen LogP contribution in [0.2, 0.25) is 5.02 Å². The SMILES string of the molecule is COC(=O)C1CN(C(=O)Nc2ccc(-n3cccn3)c(Cl)c2)Cc2ccccc21. The van der Waals surface area contributed by atoms with Crippen LogP contribution in [-0.4, -0.2) is 40.3 Å². The van der Waals surface area contributed by atoms with E-state index >= 15 is 0 Å². The standard InChI is InChI=1S/C21H19ClN4O3/c1-29-20(27)17-13-25(12-14-5-2-3-6-16(14)17)21(28)24-15-7-8-19(18(22)11-15)26-10-4-9-23-26/h2-11,17H,12-13H2,1H3,(H,24,28). The summed E-state index contributed by atoms with van der Waals surface area (Å²) in [4.78, 5) is 26.7. The molecule has 0 fully saturated rings. The second kappa shape index (κ2) is 7.97. The number of nitrogens with one attached hydrogen (secondary N) is 1. The maximum absolute atomic E-state index is 12.9. The van der Waals surface area contributed by atoms with Crippen LogP contribution in [0.5, 0.6) is 0 Å². The third-order valence-corrected chi connectivity index (χ3v) is 5.22. The predicted octanol–water partition coefficient (Wildman–Crippen LogP) is 3.83. The van der Waals surface area contributed by atoms with E-state index in [1.807, 2.05) is 24.3 Å². The second-order valence-corrected chi connectivity index (χ2v) is 7.11. The molecule has 2 aromatic carbocycles. The van der Waals surface area contributed by atoms with E-state index in [9.17, 15) is 9.59 Å². The first-order valence-corrected chi connectivity index (χ1v) is 9.45. The van der Waals surface area contributed by atoms with Crippen molar-refractivity contribution in [2.75, 3.05) is 19.0 Å². The van der Waals surface area contributed by atoms with E-state index in [1.54, 1.807) is 46.2 Å². The van der Waals surface area contributed by atoms with E-state index in [0.717, 1.165) is 11.1 Å². The number of rotatable bonds is 3. The molecule has 1 aromatic heterocycles. The predicted molar refractivity (Wildman–Crippen MR) is 109 cm³/mol. The minimum absolute atomic E-state index is 0.245. The molecule has 8 heteroatoms. The van der Waals surface area contributed by atoms with Gasteiger partial charge in [-0.15, -0.1) is 0 Å². The van der Waals surface area contributed by atoms with Crippen molar-refractivity contribution in [3.63, 3.8) is 0 Å². The molecule has 148 valence electrons. The zero-order valence-corrected chi connectivity index (χ0v) is 16.5. The Labute approximate surface area is 172 Å². The molecule has 1 aliphatic heterocycles. The number of urea groups is 1. The van der Waals surface area contributed by atoms with Gasteiger partial charge >= 0.3 is 12.0 Å². The highest BCUT2D eigenvalue weighted by atomic mass is 35.5. The van der Waals surface area contributed by atoms with E-state index in [1.165, 1.54) is 7.11 Å². The molecule has 1 N–H and O–H groups in total. The highest BCUT2D eigenvalue weighted by Crippen LogP contribution is 2.30. The van der Waals surface area contributed by atoms with Gasteiger partial charge in [0, 0.05) is 31.2 Å². The van der Waals surface area contributed by atoms with Crippen LogP contribution in [0.15, 0.2) is 60.9 Å². The zero-order valence-electron chi connectivity index (χ0n) is 15.7. The molecule has 4 rings (SSSR count). The number of aromatic nitrogens is 2. The van der Waals surface area contributed by atoms with Crippen molar-refractivity contribution in [3.8, 4) is 5.69 Å². The molecule has 1 atom stereocenters. The Morgan fingerprint density at radius 1 is 1.21 bits per heavy atom. The van der Waals surface area contributed by atoms with E-state index in [-0.39, 0.29) is 18.5 Å². The maximum atomic E-state index is 12.9. The van der Waals surface area contributed by atoms with Crippen LogP contribution in [0.4, 0.5) is 10.5 Å². The number of amides is 2. The van der Waals surface area contributed by atoms with Gasteiger partial charge < -0.3 is 15.0 Å². The Morgan fingerprint density at radius 3 is 2.76 bits per heavy atom. The van der Waals surface area contributed by atoms with E-state index < -0.39 is 5.92 Å². The first-order chi connectivity index (χ1) is 14.1. The third kappa shape index (κ3) is 3.82. The number of carbonyl (C=O) groups is 2. The highest BCUT2D eigenvalue weighted by molar-refractivity contribution is 6.32. The maximum Gasteiger partial charge on any atom is 0.322 e. The molecule has 1 unspecified atom stereocenters. The van der Waals surface area contributed by atoms with Gasteiger partial charge in [0.15, 0.2) is 0 Å². The summed E-state index contributed by atoms with van der Waals surface area (Å²) >= 11 is 6.35. The summed E-state index contributed by atoms with van der Waals surface area (Å²) in [6, 6.07) is 14.3. The number of hydrogen-bond donors (Lipinski definition) is 1. The lowest BCUT2D eigenvalue weighted by Crippen LogP contribution is -2.43. The summed E-state index contributed by atoms with van der Waals surface area (Å²) in [5.74, 6) is -0.872. The number of esters is 1. The Kier molecular flexibility index (Phi) is 5.22. The van der Waals surface area contributed by atoms with Gasteiger partial charge in [0.1, 0.15) is 0 Å². The lowest BCUT2D eigenvalue weighted by Gasteiger charge is -2.33. The number of carbonyl (C=O) groups excluding carboxylic acids is 2. The van der Waals surface area contributed by atoms with Crippen LogP contribution in [-0.2, 0) is 16.1 Å².